The molecule has 2 aromatic heterocycles. The third kappa shape index (κ3) is 3.07. The minimum absolute atomic E-state index is 0.572. The fourth-order valence-electron chi connectivity index (χ4n) is 2.47. The summed E-state index contributed by atoms with van der Waals surface area (Å²) in [5.74, 6) is 2.24. The van der Waals surface area contributed by atoms with Crippen LogP contribution in [0.4, 0.5) is 5.82 Å². The van der Waals surface area contributed by atoms with Crippen molar-refractivity contribution < 1.29 is 0 Å². The molecule has 2 aromatic rings. The van der Waals surface area contributed by atoms with Crippen LogP contribution in [0.3, 0.4) is 0 Å². The van der Waals surface area contributed by atoms with Gasteiger partial charge in [0.15, 0.2) is 5.82 Å². The highest BCUT2D eigenvalue weighted by Gasteiger charge is 2.29. The zero-order valence-corrected chi connectivity index (χ0v) is 14.2. The highest BCUT2D eigenvalue weighted by Crippen LogP contribution is 2.44. The predicted molar refractivity (Wildman–Crippen MR) is 88.6 cm³/mol. The van der Waals surface area contributed by atoms with Gasteiger partial charge in [-0.25, -0.2) is 9.97 Å². The molecule has 5 heteroatoms. The summed E-state index contributed by atoms with van der Waals surface area (Å²) in [7, 11) is 0. The van der Waals surface area contributed by atoms with Gasteiger partial charge in [-0.2, -0.15) is 0 Å². The molecule has 1 aliphatic carbocycles. The van der Waals surface area contributed by atoms with E-state index in [0.717, 1.165) is 45.3 Å². The topological polar surface area (TPSA) is 50.7 Å². The number of nitrogens with zero attached hydrogens (tertiary/aromatic N) is 3. The molecule has 2 heterocycles. The summed E-state index contributed by atoms with van der Waals surface area (Å²) in [6, 6.07) is 4.09. The minimum Gasteiger partial charge on any atom is -0.369 e. The minimum atomic E-state index is 0.572. The van der Waals surface area contributed by atoms with Gasteiger partial charge in [0, 0.05) is 29.4 Å². The Morgan fingerprint density at radius 2 is 1.81 bits per heavy atom. The van der Waals surface area contributed by atoms with E-state index in [1.54, 1.807) is 0 Å². The van der Waals surface area contributed by atoms with Gasteiger partial charge in [-0.1, -0.05) is 0 Å². The molecule has 0 aromatic carbocycles. The maximum atomic E-state index is 4.80. The second-order valence-electron chi connectivity index (χ2n) is 5.54. The normalized spacial score (nSPS) is 14.3. The monoisotopic (exact) mass is 346 g/mol. The Kier molecular flexibility index (Phi) is 3.93. The Morgan fingerprint density at radius 1 is 1.14 bits per heavy atom. The summed E-state index contributed by atoms with van der Waals surface area (Å²) >= 11 is 3.66. The maximum Gasteiger partial charge on any atom is 0.161 e. The molecule has 1 N–H and O–H groups in total. The first-order chi connectivity index (χ1) is 10.1. The summed E-state index contributed by atoms with van der Waals surface area (Å²) < 4.78 is 1.01. The molecule has 1 aliphatic rings. The van der Waals surface area contributed by atoms with Gasteiger partial charge in [0.05, 0.1) is 10.2 Å². The molecule has 0 saturated heterocycles. The summed E-state index contributed by atoms with van der Waals surface area (Å²) in [6.07, 6.45) is 2.43. The van der Waals surface area contributed by atoms with Gasteiger partial charge in [-0.05, 0) is 61.7 Å². The first-order valence-corrected chi connectivity index (χ1v) is 8.14. The van der Waals surface area contributed by atoms with Crippen molar-refractivity contribution in [3.63, 3.8) is 0 Å². The second-order valence-corrected chi connectivity index (χ2v) is 6.33. The van der Waals surface area contributed by atoms with Gasteiger partial charge in [-0.3, -0.25) is 4.98 Å². The second kappa shape index (κ2) is 5.72. The molecule has 4 nitrogen and oxygen atoms in total. The van der Waals surface area contributed by atoms with E-state index in [1.165, 1.54) is 12.8 Å². The lowest BCUT2D eigenvalue weighted by Gasteiger charge is -2.12. The summed E-state index contributed by atoms with van der Waals surface area (Å²) in [6.45, 7) is 6.92. The van der Waals surface area contributed by atoms with Crippen LogP contribution in [0.1, 0.15) is 42.8 Å². The highest BCUT2D eigenvalue weighted by molar-refractivity contribution is 9.10. The molecule has 0 amide bonds. The standard InChI is InChI=1S/C16H19BrN4/c1-4-18-16-13(17)14(11-5-6-11)20-15(21-16)12-7-9(2)19-10(3)8-12/h7-8,11H,4-6H2,1-3H3,(H,18,20,21). The summed E-state index contributed by atoms with van der Waals surface area (Å²) in [5, 5.41) is 3.32. The van der Waals surface area contributed by atoms with Crippen molar-refractivity contribution in [3.8, 4) is 11.4 Å². The van der Waals surface area contributed by atoms with E-state index in [1.807, 2.05) is 26.0 Å². The van der Waals surface area contributed by atoms with Crippen LogP contribution in [0, 0.1) is 13.8 Å². The van der Waals surface area contributed by atoms with Crippen LogP contribution in [-0.2, 0) is 0 Å². The summed E-state index contributed by atoms with van der Waals surface area (Å²) in [4.78, 5) is 13.9. The van der Waals surface area contributed by atoms with Crippen LogP contribution >= 0.6 is 15.9 Å². The molecular formula is C16H19BrN4. The van der Waals surface area contributed by atoms with Crippen LogP contribution < -0.4 is 5.32 Å². The Labute approximate surface area is 133 Å². The number of rotatable bonds is 4. The lowest BCUT2D eigenvalue weighted by Crippen LogP contribution is -2.06. The molecule has 0 atom stereocenters. The van der Waals surface area contributed by atoms with Crippen LogP contribution in [-0.4, -0.2) is 21.5 Å². The van der Waals surface area contributed by atoms with E-state index < -0.39 is 0 Å². The van der Waals surface area contributed by atoms with Crippen LogP contribution in [0.15, 0.2) is 16.6 Å². The van der Waals surface area contributed by atoms with Gasteiger partial charge in [0.1, 0.15) is 5.82 Å². The van der Waals surface area contributed by atoms with Crippen molar-refractivity contribution in [2.45, 2.75) is 39.5 Å². The van der Waals surface area contributed by atoms with Crippen molar-refractivity contribution in [1.29, 1.82) is 0 Å². The van der Waals surface area contributed by atoms with E-state index in [-0.39, 0.29) is 0 Å². The van der Waals surface area contributed by atoms with Gasteiger partial charge in [0.25, 0.3) is 0 Å². The first-order valence-electron chi connectivity index (χ1n) is 7.35. The molecule has 21 heavy (non-hydrogen) atoms. The molecule has 0 unspecified atom stereocenters. The average Bonchev–Trinajstić information content (AvgIpc) is 3.24. The predicted octanol–water partition coefficient (Wildman–Crippen LogP) is 4.23. The van der Waals surface area contributed by atoms with Crippen molar-refractivity contribution in [2.24, 2.45) is 0 Å². The van der Waals surface area contributed by atoms with Crippen LogP contribution in [0.25, 0.3) is 11.4 Å². The first kappa shape index (κ1) is 14.4. The Morgan fingerprint density at radius 3 is 2.38 bits per heavy atom. The smallest absolute Gasteiger partial charge is 0.161 e. The van der Waals surface area contributed by atoms with Crippen LogP contribution in [0.2, 0.25) is 0 Å². The zero-order chi connectivity index (χ0) is 15.0. The van der Waals surface area contributed by atoms with Crippen LogP contribution in [0.5, 0.6) is 0 Å². The van der Waals surface area contributed by atoms with Gasteiger partial charge >= 0.3 is 0 Å². The SMILES string of the molecule is CCNc1nc(-c2cc(C)nc(C)c2)nc(C2CC2)c1Br. The lowest BCUT2D eigenvalue weighted by molar-refractivity contribution is 0.971. The number of hydrogen-bond acceptors (Lipinski definition) is 4. The van der Waals surface area contributed by atoms with E-state index in [9.17, 15) is 0 Å². The third-order valence-electron chi connectivity index (χ3n) is 3.52. The maximum absolute atomic E-state index is 4.80. The number of aromatic nitrogens is 3. The number of nitrogens with one attached hydrogen (secondary N) is 1. The van der Waals surface area contributed by atoms with E-state index in [0.29, 0.717) is 5.92 Å². The number of hydrogen-bond donors (Lipinski definition) is 1. The highest BCUT2D eigenvalue weighted by atomic mass is 79.9. The molecular weight excluding hydrogens is 328 g/mol. The number of anilines is 1. The molecule has 0 spiro atoms. The van der Waals surface area contributed by atoms with Gasteiger partial charge in [0.2, 0.25) is 0 Å². The Balaban J connectivity index is 2.12. The van der Waals surface area contributed by atoms with E-state index >= 15 is 0 Å². The third-order valence-corrected chi connectivity index (χ3v) is 4.31. The van der Waals surface area contributed by atoms with Crippen molar-refractivity contribution >= 4 is 21.7 Å². The fraction of sp³-hybridized carbons (Fsp3) is 0.438. The van der Waals surface area contributed by atoms with Crippen molar-refractivity contribution in [2.75, 3.05) is 11.9 Å². The van der Waals surface area contributed by atoms with Crippen molar-refractivity contribution in [3.05, 3.63) is 33.7 Å². The molecule has 0 bridgehead atoms. The van der Waals surface area contributed by atoms with E-state index in [4.69, 9.17) is 4.98 Å². The Bertz CT molecular complexity index is 660. The summed E-state index contributed by atoms with van der Waals surface area (Å²) in [5.41, 5.74) is 4.15. The molecule has 1 saturated carbocycles. The number of aryl methyl sites for hydroxylation is 2. The average molecular weight is 347 g/mol. The quantitative estimate of drug-likeness (QED) is 0.899. The largest absolute Gasteiger partial charge is 0.369 e. The molecule has 0 aliphatic heterocycles. The number of halogens is 1. The molecule has 3 rings (SSSR count). The zero-order valence-electron chi connectivity index (χ0n) is 12.6. The molecule has 1 fully saturated rings. The number of pyridine rings is 1. The molecule has 0 radical (unpaired) electrons. The fourth-order valence-corrected chi connectivity index (χ4v) is 3.11. The van der Waals surface area contributed by atoms with Gasteiger partial charge < -0.3 is 5.32 Å². The Hall–Kier alpha value is -1.49. The van der Waals surface area contributed by atoms with E-state index in [2.05, 4.69) is 38.1 Å². The van der Waals surface area contributed by atoms with Crippen molar-refractivity contribution in [1.82, 2.24) is 15.0 Å². The molecule has 110 valence electrons. The lowest BCUT2D eigenvalue weighted by atomic mass is 10.1. The van der Waals surface area contributed by atoms with Gasteiger partial charge in [-0.15, -0.1) is 0 Å².